The molecule has 2 rings (SSSR count). The van der Waals surface area contributed by atoms with E-state index in [-0.39, 0.29) is 18.1 Å². The van der Waals surface area contributed by atoms with E-state index in [0.29, 0.717) is 17.9 Å². The van der Waals surface area contributed by atoms with Gasteiger partial charge in [0.2, 0.25) is 5.91 Å². The van der Waals surface area contributed by atoms with Crippen molar-refractivity contribution in [3.8, 4) is 5.75 Å². The highest BCUT2D eigenvalue weighted by Gasteiger charge is 2.22. The van der Waals surface area contributed by atoms with E-state index in [1.165, 1.54) is 4.68 Å². The molecule has 0 aliphatic heterocycles. The smallest absolute Gasteiger partial charge is 0.312 e. The Morgan fingerprint density at radius 1 is 1.35 bits per heavy atom. The third-order valence-electron chi connectivity index (χ3n) is 3.47. The lowest BCUT2D eigenvalue weighted by molar-refractivity contribution is -0.386. The van der Waals surface area contributed by atoms with Gasteiger partial charge in [0.15, 0.2) is 0 Å². The van der Waals surface area contributed by atoms with Crippen molar-refractivity contribution >= 4 is 11.6 Å². The number of rotatable bonds is 6. The molecule has 0 aliphatic carbocycles. The number of carbonyl (C=O) groups excluding carboxylic acids is 1. The van der Waals surface area contributed by atoms with E-state index in [1.807, 2.05) is 24.3 Å². The molecule has 1 aromatic heterocycles. The number of ether oxygens (including phenoxy) is 1. The second-order valence-corrected chi connectivity index (χ2v) is 5.06. The molecule has 0 fully saturated rings. The maximum absolute atomic E-state index is 12.0. The van der Waals surface area contributed by atoms with Crippen molar-refractivity contribution in [3.05, 3.63) is 51.3 Å². The summed E-state index contributed by atoms with van der Waals surface area (Å²) in [4.78, 5) is 22.4. The third-order valence-corrected chi connectivity index (χ3v) is 3.47. The van der Waals surface area contributed by atoms with Gasteiger partial charge in [0.05, 0.1) is 12.0 Å². The lowest BCUT2D eigenvalue weighted by Crippen LogP contribution is -2.28. The Bertz CT molecular complexity index is 722. The molecule has 1 heterocycles. The van der Waals surface area contributed by atoms with Crippen LogP contribution in [0.4, 0.5) is 5.69 Å². The molecule has 0 unspecified atom stereocenters. The maximum Gasteiger partial charge on any atom is 0.312 e. The van der Waals surface area contributed by atoms with Gasteiger partial charge < -0.3 is 10.1 Å². The van der Waals surface area contributed by atoms with Crippen LogP contribution < -0.4 is 10.1 Å². The van der Waals surface area contributed by atoms with E-state index in [2.05, 4.69) is 10.4 Å². The molecule has 1 amide bonds. The minimum Gasteiger partial charge on any atom is -0.497 e. The van der Waals surface area contributed by atoms with Gasteiger partial charge in [0.25, 0.3) is 0 Å². The molecule has 1 aromatic carbocycles. The number of amides is 1. The average Bonchev–Trinajstić information content (AvgIpc) is 2.79. The predicted molar refractivity (Wildman–Crippen MR) is 83.2 cm³/mol. The first kappa shape index (κ1) is 16.5. The molecule has 0 atom stereocenters. The molecule has 8 heteroatoms. The minimum absolute atomic E-state index is 0.0482. The quantitative estimate of drug-likeness (QED) is 0.646. The van der Waals surface area contributed by atoms with Crippen LogP contribution in [0.25, 0.3) is 0 Å². The van der Waals surface area contributed by atoms with Gasteiger partial charge in [-0.05, 0) is 31.5 Å². The molecular formula is C15H18N4O4. The number of aryl methyl sites for hydroxylation is 1. The molecule has 0 radical (unpaired) electrons. The minimum atomic E-state index is -0.483. The number of nitrogens with one attached hydrogen (secondary N) is 1. The van der Waals surface area contributed by atoms with E-state index in [0.717, 1.165) is 11.3 Å². The van der Waals surface area contributed by atoms with Crippen molar-refractivity contribution < 1.29 is 14.5 Å². The zero-order valence-electron chi connectivity index (χ0n) is 13.2. The molecule has 122 valence electrons. The van der Waals surface area contributed by atoms with Crippen molar-refractivity contribution in [1.82, 2.24) is 15.1 Å². The number of benzene rings is 1. The summed E-state index contributed by atoms with van der Waals surface area (Å²) in [6, 6.07) is 7.33. The number of nitrogens with zero attached hydrogens (tertiary/aromatic N) is 3. The molecule has 0 bridgehead atoms. The lowest BCUT2D eigenvalue weighted by atomic mass is 10.2. The van der Waals surface area contributed by atoms with Crippen molar-refractivity contribution in [1.29, 1.82) is 0 Å². The highest BCUT2D eigenvalue weighted by molar-refractivity contribution is 5.75. The molecule has 0 spiro atoms. The Morgan fingerprint density at radius 2 is 2.00 bits per heavy atom. The maximum atomic E-state index is 12.0. The van der Waals surface area contributed by atoms with Gasteiger partial charge in [0, 0.05) is 6.54 Å². The van der Waals surface area contributed by atoms with Gasteiger partial charge in [-0.25, -0.2) is 0 Å². The van der Waals surface area contributed by atoms with Crippen molar-refractivity contribution in [2.75, 3.05) is 7.11 Å². The lowest BCUT2D eigenvalue weighted by Gasteiger charge is -2.07. The van der Waals surface area contributed by atoms with Gasteiger partial charge in [-0.15, -0.1) is 0 Å². The zero-order chi connectivity index (χ0) is 17.0. The summed E-state index contributed by atoms with van der Waals surface area (Å²) in [6.07, 6.45) is 0. The van der Waals surface area contributed by atoms with Crippen LogP contribution in [0.15, 0.2) is 24.3 Å². The van der Waals surface area contributed by atoms with E-state index in [9.17, 15) is 14.9 Å². The first-order valence-corrected chi connectivity index (χ1v) is 7.00. The van der Waals surface area contributed by atoms with Gasteiger partial charge >= 0.3 is 5.69 Å². The highest BCUT2D eigenvalue weighted by atomic mass is 16.6. The molecule has 8 nitrogen and oxygen atoms in total. The molecule has 0 saturated carbocycles. The summed E-state index contributed by atoms with van der Waals surface area (Å²) in [5, 5.41) is 17.8. The second-order valence-electron chi connectivity index (χ2n) is 5.06. The molecule has 0 saturated heterocycles. The standard InChI is InChI=1S/C15H18N4O4/c1-10-15(19(21)22)11(2)18(17-10)9-14(20)16-8-12-4-6-13(23-3)7-5-12/h4-7H,8-9H2,1-3H3,(H,16,20). The molecule has 2 aromatic rings. The van der Waals surface area contributed by atoms with Crippen LogP contribution in [0.1, 0.15) is 17.0 Å². The molecule has 23 heavy (non-hydrogen) atoms. The van der Waals surface area contributed by atoms with Gasteiger partial charge in [-0.1, -0.05) is 12.1 Å². The summed E-state index contributed by atoms with van der Waals surface area (Å²) < 4.78 is 6.41. The summed E-state index contributed by atoms with van der Waals surface area (Å²) >= 11 is 0. The predicted octanol–water partition coefficient (Wildman–Crippen LogP) is 1.73. The number of methoxy groups -OCH3 is 1. The van der Waals surface area contributed by atoms with Gasteiger partial charge in [0.1, 0.15) is 23.7 Å². The number of hydrogen-bond acceptors (Lipinski definition) is 5. The fourth-order valence-corrected chi connectivity index (χ4v) is 2.24. The van der Waals surface area contributed by atoms with Crippen molar-refractivity contribution in [3.63, 3.8) is 0 Å². The fraction of sp³-hybridized carbons (Fsp3) is 0.333. The van der Waals surface area contributed by atoms with Crippen LogP contribution in [0.2, 0.25) is 0 Å². The van der Waals surface area contributed by atoms with Crippen LogP contribution in [-0.4, -0.2) is 27.7 Å². The van der Waals surface area contributed by atoms with Crippen LogP contribution in [0.5, 0.6) is 5.75 Å². The van der Waals surface area contributed by atoms with E-state index >= 15 is 0 Å². The van der Waals surface area contributed by atoms with E-state index < -0.39 is 4.92 Å². The number of nitro groups is 1. The Kier molecular flexibility index (Phi) is 4.95. The largest absolute Gasteiger partial charge is 0.497 e. The van der Waals surface area contributed by atoms with Crippen molar-refractivity contribution in [2.24, 2.45) is 0 Å². The summed E-state index contributed by atoms with van der Waals surface area (Å²) in [5.41, 5.74) is 1.55. The first-order valence-electron chi connectivity index (χ1n) is 7.00. The number of hydrogen-bond donors (Lipinski definition) is 1. The van der Waals surface area contributed by atoms with Crippen LogP contribution in [0.3, 0.4) is 0 Å². The van der Waals surface area contributed by atoms with E-state index in [1.54, 1.807) is 21.0 Å². The fourth-order valence-electron chi connectivity index (χ4n) is 2.24. The molecular weight excluding hydrogens is 300 g/mol. The SMILES string of the molecule is COc1ccc(CNC(=O)Cn2nc(C)c([N+](=O)[O-])c2C)cc1. The summed E-state index contributed by atoms with van der Waals surface area (Å²) in [5.74, 6) is 0.483. The first-order chi connectivity index (χ1) is 10.9. The van der Waals surface area contributed by atoms with E-state index in [4.69, 9.17) is 4.74 Å². The molecule has 1 N–H and O–H groups in total. The Labute approximate surface area is 133 Å². The van der Waals surface area contributed by atoms with Crippen molar-refractivity contribution in [2.45, 2.75) is 26.9 Å². The number of aromatic nitrogens is 2. The summed E-state index contributed by atoms with van der Waals surface area (Å²) in [6.45, 7) is 3.44. The highest BCUT2D eigenvalue weighted by Crippen LogP contribution is 2.21. The Morgan fingerprint density at radius 3 is 2.52 bits per heavy atom. The normalized spacial score (nSPS) is 10.4. The van der Waals surface area contributed by atoms with Crippen LogP contribution in [0, 0.1) is 24.0 Å². The zero-order valence-corrected chi connectivity index (χ0v) is 13.2. The number of carbonyl (C=O) groups is 1. The third kappa shape index (κ3) is 3.85. The Balaban J connectivity index is 1.97. The second kappa shape index (κ2) is 6.91. The Hall–Kier alpha value is -2.90. The average molecular weight is 318 g/mol. The molecule has 0 aliphatic rings. The van der Waals surface area contributed by atoms with Crippen LogP contribution >= 0.6 is 0 Å². The van der Waals surface area contributed by atoms with Gasteiger partial charge in [-0.3, -0.25) is 19.6 Å². The summed E-state index contributed by atoms with van der Waals surface area (Å²) in [7, 11) is 1.59. The van der Waals surface area contributed by atoms with Gasteiger partial charge in [-0.2, -0.15) is 5.10 Å². The topological polar surface area (TPSA) is 99.3 Å². The van der Waals surface area contributed by atoms with Crippen LogP contribution in [-0.2, 0) is 17.9 Å². The monoisotopic (exact) mass is 318 g/mol.